The molecule has 2 amide bonds. The molecule has 0 aromatic heterocycles. The van der Waals surface area contributed by atoms with Gasteiger partial charge in [-0.3, -0.25) is 9.59 Å². The fourth-order valence-corrected chi connectivity index (χ4v) is 2.87. The van der Waals surface area contributed by atoms with E-state index in [2.05, 4.69) is 5.32 Å². The summed E-state index contributed by atoms with van der Waals surface area (Å²) in [5.74, 6) is 0.0167. The van der Waals surface area contributed by atoms with Gasteiger partial charge < -0.3 is 10.2 Å². The number of hydrogen-bond acceptors (Lipinski definition) is 2. The molecule has 0 spiro atoms. The minimum absolute atomic E-state index is 0.00251. The molecule has 1 saturated heterocycles. The van der Waals surface area contributed by atoms with Crippen LogP contribution in [0.5, 0.6) is 0 Å². The Labute approximate surface area is 114 Å². The molecule has 1 heterocycles. The van der Waals surface area contributed by atoms with Crippen LogP contribution in [-0.2, 0) is 9.59 Å². The number of nitrogens with zero attached hydrogens (tertiary/aromatic N) is 1. The average molecular weight is 272 g/mol. The van der Waals surface area contributed by atoms with Gasteiger partial charge >= 0.3 is 0 Å². The molecule has 1 N–H and O–H groups in total. The van der Waals surface area contributed by atoms with Crippen LogP contribution < -0.4 is 5.32 Å². The van der Waals surface area contributed by atoms with Gasteiger partial charge in [0.05, 0.1) is 6.54 Å². The number of hydrogen-bond donors (Lipinski definition) is 1. The van der Waals surface area contributed by atoms with E-state index >= 15 is 0 Å². The normalized spacial score (nSPS) is 22.8. The summed E-state index contributed by atoms with van der Waals surface area (Å²) < 4.78 is 12.8. The molecule has 0 bridgehead atoms. The summed E-state index contributed by atoms with van der Waals surface area (Å²) in [7, 11) is 0. The Kier molecular flexibility index (Phi) is 5.32. The minimum Gasteiger partial charge on any atom is -0.342 e. The lowest BCUT2D eigenvalue weighted by Crippen LogP contribution is -2.70. The first kappa shape index (κ1) is 15.9. The molecule has 1 atom stereocenters. The largest absolute Gasteiger partial charge is 0.342 e. The highest BCUT2D eigenvalue weighted by atomic mass is 19.1. The standard InChI is InChI=1S/C14H25FN2O2/c1-5-14(6-2)13(19)16-11(9-10(3)4)12(18)17(14)8-7-15/h10-11H,5-9H2,1-4H3,(H,16,19). The van der Waals surface area contributed by atoms with Crippen LogP contribution in [-0.4, -0.2) is 41.5 Å². The van der Waals surface area contributed by atoms with Crippen LogP contribution in [0.1, 0.15) is 47.0 Å². The molecule has 1 aliphatic rings. The van der Waals surface area contributed by atoms with Gasteiger partial charge in [0.2, 0.25) is 11.8 Å². The summed E-state index contributed by atoms with van der Waals surface area (Å²) in [5.41, 5.74) is -0.878. The number of carbonyl (C=O) groups excluding carboxylic acids is 2. The highest BCUT2D eigenvalue weighted by Crippen LogP contribution is 2.30. The van der Waals surface area contributed by atoms with Crippen LogP contribution in [0.15, 0.2) is 0 Å². The second-order valence-corrected chi connectivity index (χ2v) is 5.57. The van der Waals surface area contributed by atoms with E-state index < -0.39 is 18.3 Å². The lowest BCUT2D eigenvalue weighted by atomic mass is 9.84. The van der Waals surface area contributed by atoms with E-state index in [9.17, 15) is 14.0 Å². The first-order valence-corrected chi connectivity index (χ1v) is 7.11. The van der Waals surface area contributed by atoms with Crippen LogP contribution in [0.2, 0.25) is 0 Å². The first-order chi connectivity index (χ1) is 8.92. The first-order valence-electron chi connectivity index (χ1n) is 7.11. The zero-order valence-corrected chi connectivity index (χ0v) is 12.3. The molecule has 1 rings (SSSR count). The van der Waals surface area contributed by atoms with Gasteiger partial charge in [0.1, 0.15) is 18.3 Å². The number of rotatable bonds is 6. The second kappa shape index (κ2) is 6.35. The number of amides is 2. The number of piperazine rings is 1. The number of nitrogens with one attached hydrogen (secondary N) is 1. The van der Waals surface area contributed by atoms with Crippen LogP contribution in [0, 0.1) is 5.92 Å². The maximum absolute atomic E-state index is 12.8. The molecule has 1 fully saturated rings. The van der Waals surface area contributed by atoms with Crippen LogP contribution >= 0.6 is 0 Å². The van der Waals surface area contributed by atoms with E-state index in [1.165, 1.54) is 4.90 Å². The maximum Gasteiger partial charge on any atom is 0.246 e. The van der Waals surface area contributed by atoms with Gasteiger partial charge in [-0.15, -0.1) is 0 Å². The molecular formula is C14H25FN2O2. The van der Waals surface area contributed by atoms with Gasteiger partial charge in [-0.05, 0) is 25.2 Å². The zero-order chi connectivity index (χ0) is 14.6. The highest BCUT2D eigenvalue weighted by Gasteiger charge is 2.49. The summed E-state index contributed by atoms with van der Waals surface area (Å²) in [6.07, 6.45) is 1.61. The van der Waals surface area contributed by atoms with Gasteiger partial charge in [0.15, 0.2) is 0 Å². The molecule has 1 aliphatic heterocycles. The van der Waals surface area contributed by atoms with Crippen molar-refractivity contribution in [2.24, 2.45) is 5.92 Å². The van der Waals surface area contributed by atoms with Crippen molar-refractivity contribution in [3.8, 4) is 0 Å². The maximum atomic E-state index is 12.8. The van der Waals surface area contributed by atoms with Crippen molar-refractivity contribution in [1.82, 2.24) is 10.2 Å². The molecule has 5 heteroatoms. The molecule has 4 nitrogen and oxygen atoms in total. The molecule has 0 aliphatic carbocycles. The molecular weight excluding hydrogens is 247 g/mol. The Hall–Kier alpha value is -1.13. The third-order valence-corrected chi connectivity index (χ3v) is 3.99. The van der Waals surface area contributed by atoms with E-state index in [4.69, 9.17) is 0 Å². The summed E-state index contributed by atoms with van der Waals surface area (Å²) in [4.78, 5) is 26.3. The van der Waals surface area contributed by atoms with Crippen molar-refractivity contribution in [2.45, 2.75) is 58.5 Å². The Morgan fingerprint density at radius 1 is 1.32 bits per heavy atom. The lowest BCUT2D eigenvalue weighted by molar-refractivity contribution is -0.159. The monoisotopic (exact) mass is 272 g/mol. The summed E-state index contributed by atoms with van der Waals surface area (Å²) in [6.45, 7) is 7.12. The topological polar surface area (TPSA) is 49.4 Å². The quantitative estimate of drug-likeness (QED) is 0.802. The van der Waals surface area contributed by atoms with Crippen LogP contribution in [0.25, 0.3) is 0 Å². The van der Waals surface area contributed by atoms with E-state index in [0.29, 0.717) is 25.2 Å². The van der Waals surface area contributed by atoms with E-state index in [1.807, 2.05) is 27.7 Å². The zero-order valence-electron chi connectivity index (χ0n) is 12.3. The smallest absolute Gasteiger partial charge is 0.246 e. The Morgan fingerprint density at radius 2 is 1.89 bits per heavy atom. The molecule has 0 aromatic carbocycles. The van der Waals surface area contributed by atoms with Crippen molar-refractivity contribution >= 4 is 11.8 Å². The molecule has 110 valence electrons. The summed E-state index contributed by atoms with van der Waals surface area (Å²) in [6, 6.07) is -0.509. The number of alkyl halides is 1. The van der Waals surface area contributed by atoms with Crippen molar-refractivity contribution < 1.29 is 14.0 Å². The molecule has 0 saturated carbocycles. The van der Waals surface area contributed by atoms with Crippen molar-refractivity contribution in [3.05, 3.63) is 0 Å². The van der Waals surface area contributed by atoms with Gasteiger partial charge in [-0.1, -0.05) is 27.7 Å². The van der Waals surface area contributed by atoms with Crippen molar-refractivity contribution in [1.29, 1.82) is 0 Å². The van der Waals surface area contributed by atoms with Crippen molar-refractivity contribution in [2.75, 3.05) is 13.2 Å². The fourth-order valence-electron chi connectivity index (χ4n) is 2.87. The number of carbonyl (C=O) groups is 2. The third kappa shape index (κ3) is 2.90. The second-order valence-electron chi connectivity index (χ2n) is 5.57. The third-order valence-electron chi connectivity index (χ3n) is 3.99. The number of halogens is 1. The van der Waals surface area contributed by atoms with Crippen molar-refractivity contribution in [3.63, 3.8) is 0 Å². The summed E-state index contributed by atoms with van der Waals surface area (Å²) >= 11 is 0. The summed E-state index contributed by atoms with van der Waals surface area (Å²) in [5, 5.41) is 2.83. The highest BCUT2D eigenvalue weighted by molar-refractivity contribution is 5.99. The van der Waals surface area contributed by atoms with Gasteiger partial charge in [0, 0.05) is 0 Å². The molecule has 1 unspecified atom stereocenters. The van der Waals surface area contributed by atoms with Gasteiger partial charge in [-0.2, -0.15) is 0 Å². The predicted molar refractivity (Wildman–Crippen MR) is 72.4 cm³/mol. The Morgan fingerprint density at radius 3 is 2.32 bits per heavy atom. The fraction of sp³-hybridized carbons (Fsp3) is 0.857. The lowest BCUT2D eigenvalue weighted by Gasteiger charge is -2.47. The van der Waals surface area contributed by atoms with Crippen LogP contribution in [0.3, 0.4) is 0 Å². The molecule has 19 heavy (non-hydrogen) atoms. The van der Waals surface area contributed by atoms with Crippen LogP contribution in [0.4, 0.5) is 4.39 Å². The van der Waals surface area contributed by atoms with E-state index in [1.54, 1.807) is 0 Å². The van der Waals surface area contributed by atoms with E-state index in [0.717, 1.165) is 0 Å². The van der Waals surface area contributed by atoms with Gasteiger partial charge in [0.25, 0.3) is 0 Å². The molecule has 0 aromatic rings. The Balaban J connectivity index is 3.05. The SMILES string of the molecule is CCC1(CC)C(=O)NC(CC(C)C)C(=O)N1CCF. The predicted octanol–water partition coefficient (Wildman–Crippen LogP) is 1.89. The average Bonchev–Trinajstić information content (AvgIpc) is 2.36. The molecule has 0 radical (unpaired) electrons. The Bertz CT molecular complexity index is 340. The van der Waals surface area contributed by atoms with Gasteiger partial charge in [-0.25, -0.2) is 4.39 Å². The minimum atomic E-state index is -0.878. The van der Waals surface area contributed by atoms with E-state index in [-0.39, 0.29) is 18.4 Å².